The molecule has 4 rings (SSSR count). The first kappa shape index (κ1) is 21.1. The zero-order valence-electron chi connectivity index (χ0n) is 18.0. The minimum absolute atomic E-state index is 0.0544. The number of methoxy groups -OCH3 is 1. The van der Waals surface area contributed by atoms with Crippen molar-refractivity contribution in [3.8, 4) is 5.75 Å². The van der Waals surface area contributed by atoms with Crippen LogP contribution in [0.15, 0.2) is 66.7 Å². The summed E-state index contributed by atoms with van der Waals surface area (Å²) < 4.78 is 21.2. The number of carbonyl (C=O) groups is 1. The first-order valence-corrected chi connectivity index (χ1v) is 10.0. The highest BCUT2D eigenvalue weighted by molar-refractivity contribution is 6.16. The van der Waals surface area contributed by atoms with Crippen LogP contribution in [0.2, 0.25) is 0 Å². The second kappa shape index (κ2) is 8.55. The van der Waals surface area contributed by atoms with Gasteiger partial charge in [0.2, 0.25) is 0 Å². The zero-order chi connectivity index (χ0) is 22.8. The van der Waals surface area contributed by atoms with Crippen LogP contribution >= 0.6 is 0 Å². The Morgan fingerprint density at radius 2 is 1.78 bits per heavy atom. The Bertz CT molecular complexity index is 1340. The van der Waals surface area contributed by atoms with E-state index in [9.17, 15) is 9.18 Å². The largest absolute Gasteiger partial charge is 0.497 e. The molecule has 162 valence electrons. The predicted octanol–water partition coefficient (Wildman–Crippen LogP) is 5.04. The van der Waals surface area contributed by atoms with E-state index in [-0.39, 0.29) is 11.4 Å². The molecule has 0 aliphatic heterocycles. The lowest BCUT2D eigenvalue weighted by Gasteiger charge is -2.14. The molecule has 0 saturated carbocycles. The molecule has 1 heterocycles. The van der Waals surface area contributed by atoms with Gasteiger partial charge in [-0.25, -0.2) is 4.39 Å². The fourth-order valence-corrected chi connectivity index (χ4v) is 3.70. The molecule has 0 atom stereocenters. The Labute approximate surface area is 185 Å². The highest BCUT2D eigenvalue weighted by Gasteiger charge is 2.18. The molecule has 0 unspecified atom stereocenters. The zero-order valence-corrected chi connectivity index (χ0v) is 18.0. The van der Waals surface area contributed by atoms with Crippen molar-refractivity contribution in [2.45, 2.75) is 0 Å². The van der Waals surface area contributed by atoms with Gasteiger partial charge in [-0.05, 0) is 42.5 Å². The fraction of sp³-hybridized carbons (Fsp3) is 0.120. The molecule has 0 aliphatic rings. The van der Waals surface area contributed by atoms with Crippen LogP contribution in [0.1, 0.15) is 21.6 Å². The van der Waals surface area contributed by atoms with E-state index in [4.69, 9.17) is 10.1 Å². The molecule has 3 N–H and O–H groups in total. The molecule has 3 aromatic carbocycles. The van der Waals surface area contributed by atoms with E-state index in [0.717, 1.165) is 16.6 Å². The second-order valence-electron chi connectivity index (χ2n) is 7.33. The number of halogens is 1. The number of nitrogens with zero attached hydrogens (tertiary/aromatic N) is 1. The monoisotopic (exact) mass is 430 g/mol. The smallest absolute Gasteiger partial charge is 0.255 e. The average molecular weight is 430 g/mol. The quantitative estimate of drug-likeness (QED) is 0.375. The minimum atomic E-state index is -0.590. The number of rotatable bonds is 6. The Morgan fingerprint density at radius 3 is 2.47 bits per heavy atom. The number of para-hydroxylation sites is 1. The van der Waals surface area contributed by atoms with Crippen molar-refractivity contribution in [1.29, 1.82) is 5.41 Å². The third-order valence-corrected chi connectivity index (χ3v) is 5.45. The molecule has 32 heavy (non-hydrogen) atoms. The van der Waals surface area contributed by atoms with Crippen LogP contribution in [-0.4, -0.2) is 30.3 Å². The van der Waals surface area contributed by atoms with E-state index in [1.165, 1.54) is 19.2 Å². The summed E-state index contributed by atoms with van der Waals surface area (Å²) in [7, 11) is 5.12. The maximum absolute atomic E-state index is 14.3. The van der Waals surface area contributed by atoms with Crippen LogP contribution in [0.4, 0.5) is 15.8 Å². The van der Waals surface area contributed by atoms with Crippen LogP contribution in [0.3, 0.4) is 0 Å². The van der Waals surface area contributed by atoms with Crippen LogP contribution in [0.5, 0.6) is 5.75 Å². The maximum Gasteiger partial charge on any atom is 0.255 e. The lowest BCUT2D eigenvalue weighted by Crippen LogP contribution is -2.16. The number of carbonyl (C=O) groups excluding carboxylic acids is 1. The number of amides is 1. The van der Waals surface area contributed by atoms with E-state index in [0.29, 0.717) is 22.6 Å². The number of anilines is 2. The van der Waals surface area contributed by atoms with Crippen LogP contribution in [-0.2, 0) is 7.05 Å². The molecule has 0 bridgehead atoms. The Balaban J connectivity index is 1.68. The van der Waals surface area contributed by atoms with Gasteiger partial charge in [0.1, 0.15) is 11.6 Å². The van der Waals surface area contributed by atoms with E-state index >= 15 is 0 Å². The molecular formula is C25H23FN4O2. The lowest BCUT2D eigenvalue weighted by atomic mass is 10.0. The Morgan fingerprint density at radius 1 is 1.03 bits per heavy atom. The number of hydrogen-bond acceptors (Lipinski definition) is 4. The summed E-state index contributed by atoms with van der Waals surface area (Å²) in [6.07, 6.45) is 0. The lowest BCUT2D eigenvalue weighted by molar-refractivity contribution is 0.102. The number of nitrogens with one attached hydrogen (secondary N) is 3. The second-order valence-corrected chi connectivity index (χ2v) is 7.33. The predicted molar refractivity (Wildman–Crippen MR) is 126 cm³/mol. The van der Waals surface area contributed by atoms with E-state index < -0.39 is 11.7 Å². The number of benzene rings is 3. The van der Waals surface area contributed by atoms with E-state index in [1.54, 1.807) is 31.3 Å². The van der Waals surface area contributed by atoms with Gasteiger partial charge in [0.15, 0.2) is 0 Å². The molecule has 0 aliphatic carbocycles. The normalized spacial score (nSPS) is 10.8. The fourth-order valence-electron chi connectivity index (χ4n) is 3.70. The first-order valence-electron chi connectivity index (χ1n) is 10.0. The summed E-state index contributed by atoms with van der Waals surface area (Å²) in [5, 5.41) is 15.6. The van der Waals surface area contributed by atoms with Crippen molar-refractivity contribution >= 4 is 33.9 Å². The molecule has 0 fully saturated rings. The van der Waals surface area contributed by atoms with Gasteiger partial charge in [0.25, 0.3) is 5.91 Å². The Kier molecular flexibility index (Phi) is 5.64. The van der Waals surface area contributed by atoms with Gasteiger partial charge in [-0.3, -0.25) is 10.2 Å². The third-order valence-electron chi connectivity index (χ3n) is 5.45. The van der Waals surface area contributed by atoms with Gasteiger partial charge in [-0.2, -0.15) is 0 Å². The number of aromatic nitrogens is 1. The first-order chi connectivity index (χ1) is 15.4. The van der Waals surface area contributed by atoms with Crippen LogP contribution in [0, 0.1) is 11.2 Å². The van der Waals surface area contributed by atoms with E-state index in [1.807, 2.05) is 41.9 Å². The van der Waals surface area contributed by atoms with Gasteiger partial charge in [-0.15, -0.1) is 0 Å². The van der Waals surface area contributed by atoms with Gasteiger partial charge in [0.05, 0.1) is 24.2 Å². The summed E-state index contributed by atoms with van der Waals surface area (Å²) in [6, 6.07) is 19.1. The van der Waals surface area contributed by atoms with Crippen LogP contribution < -0.4 is 15.4 Å². The maximum atomic E-state index is 14.3. The number of hydrogen-bond donors (Lipinski definition) is 3. The van der Waals surface area contributed by atoms with Gasteiger partial charge in [-0.1, -0.05) is 18.2 Å². The number of aryl methyl sites for hydroxylation is 1. The Hall–Kier alpha value is -4.13. The summed E-state index contributed by atoms with van der Waals surface area (Å²) >= 11 is 0. The van der Waals surface area contributed by atoms with Gasteiger partial charge in [0, 0.05) is 47.9 Å². The summed E-state index contributed by atoms with van der Waals surface area (Å²) in [6.45, 7) is 0. The molecule has 1 aromatic heterocycles. The molecule has 0 radical (unpaired) electrons. The molecule has 0 saturated heterocycles. The van der Waals surface area contributed by atoms with Crippen molar-refractivity contribution in [3.05, 3.63) is 89.4 Å². The molecule has 4 aromatic rings. The SMILES string of the molecule is CNc1ccc(C(=O)Nc2ccc(OC)cc2F)cc1C(=N)c1cc2ccccc2n1C. The molecule has 0 spiro atoms. The van der Waals surface area contributed by atoms with Crippen molar-refractivity contribution in [3.63, 3.8) is 0 Å². The summed E-state index contributed by atoms with van der Waals surface area (Å²) in [5.74, 6) is -0.694. The molecule has 6 nitrogen and oxygen atoms in total. The van der Waals surface area contributed by atoms with Crippen molar-refractivity contribution in [2.75, 3.05) is 24.8 Å². The molecular weight excluding hydrogens is 407 g/mol. The average Bonchev–Trinajstić information content (AvgIpc) is 3.16. The van der Waals surface area contributed by atoms with Crippen molar-refractivity contribution in [1.82, 2.24) is 4.57 Å². The third kappa shape index (κ3) is 3.80. The van der Waals surface area contributed by atoms with Crippen molar-refractivity contribution in [2.24, 2.45) is 7.05 Å². The van der Waals surface area contributed by atoms with E-state index in [2.05, 4.69) is 10.6 Å². The highest BCUT2D eigenvalue weighted by atomic mass is 19.1. The number of ether oxygens (including phenoxy) is 1. The van der Waals surface area contributed by atoms with Crippen LogP contribution in [0.25, 0.3) is 10.9 Å². The highest BCUT2D eigenvalue weighted by Crippen LogP contribution is 2.26. The topological polar surface area (TPSA) is 79.1 Å². The summed E-state index contributed by atoms with van der Waals surface area (Å²) in [4.78, 5) is 12.8. The number of fused-ring (bicyclic) bond motifs is 1. The standard InChI is InChI=1S/C25H23FN4O2/c1-28-20-10-8-16(25(31)29-21-11-9-17(32-3)14-19(21)26)12-18(20)24(27)23-13-15-6-4-5-7-22(15)30(23)2/h4-14,27-28H,1-3H3,(H,29,31). The molecule has 7 heteroatoms. The summed E-state index contributed by atoms with van der Waals surface area (Å²) in [5.41, 5.74) is 3.67. The van der Waals surface area contributed by atoms with Gasteiger partial charge < -0.3 is 19.9 Å². The van der Waals surface area contributed by atoms with Crippen molar-refractivity contribution < 1.29 is 13.9 Å². The molecule has 1 amide bonds. The van der Waals surface area contributed by atoms with Gasteiger partial charge >= 0.3 is 0 Å². The minimum Gasteiger partial charge on any atom is -0.497 e.